The minimum absolute atomic E-state index is 0.219. The molecule has 0 aliphatic heterocycles. The first-order chi connectivity index (χ1) is 15.3. The van der Waals surface area contributed by atoms with Gasteiger partial charge < -0.3 is 20.5 Å². The highest BCUT2D eigenvalue weighted by atomic mass is 16.5. The first-order valence-electron chi connectivity index (χ1n) is 11.6. The normalized spacial score (nSPS) is 26.8. The predicted octanol–water partition coefficient (Wildman–Crippen LogP) is 2.92. The van der Waals surface area contributed by atoms with Crippen LogP contribution in [0.3, 0.4) is 0 Å². The number of aliphatic hydroxyl groups is 1. The Morgan fingerprint density at radius 3 is 2.56 bits per heavy atom. The van der Waals surface area contributed by atoms with E-state index in [1.54, 1.807) is 19.4 Å². The lowest BCUT2D eigenvalue weighted by Crippen LogP contribution is -2.52. The Labute approximate surface area is 190 Å². The Morgan fingerprint density at radius 2 is 1.94 bits per heavy atom. The van der Waals surface area contributed by atoms with Crippen LogP contribution in [0.5, 0.6) is 0 Å². The van der Waals surface area contributed by atoms with Gasteiger partial charge in [0, 0.05) is 45.2 Å². The summed E-state index contributed by atoms with van der Waals surface area (Å²) in [5, 5.41) is 11.3. The second-order valence-electron chi connectivity index (χ2n) is 9.86. The number of pyridine rings is 1. The van der Waals surface area contributed by atoms with Gasteiger partial charge in [-0.2, -0.15) is 0 Å². The van der Waals surface area contributed by atoms with Gasteiger partial charge in [0.15, 0.2) is 0 Å². The average molecular weight is 438 g/mol. The molecule has 1 aromatic heterocycles. The van der Waals surface area contributed by atoms with Crippen LogP contribution in [0.15, 0.2) is 42.6 Å². The van der Waals surface area contributed by atoms with E-state index < -0.39 is 17.1 Å². The Hall–Kier alpha value is -2.28. The molecule has 32 heavy (non-hydrogen) atoms. The molecule has 1 saturated carbocycles. The number of hydrogen-bond acceptors (Lipinski definition) is 5. The molecule has 3 atom stereocenters. The lowest BCUT2D eigenvalue weighted by molar-refractivity contribution is -0.134. The summed E-state index contributed by atoms with van der Waals surface area (Å²) < 4.78 is 6.30. The van der Waals surface area contributed by atoms with Gasteiger partial charge in [-0.25, -0.2) is 0 Å². The van der Waals surface area contributed by atoms with Crippen molar-refractivity contribution < 1.29 is 14.6 Å². The summed E-state index contributed by atoms with van der Waals surface area (Å²) in [6.45, 7) is 3.63. The molecule has 4 rings (SSSR count). The molecule has 3 N–H and O–H groups in total. The SMILES string of the molecule is COC1(c2ccnc(C(N)=O)c2)C(C)CCCC1CN(C)CC1(O)Cc2ccccc2C1. The van der Waals surface area contributed by atoms with Crippen molar-refractivity contribution in [3.8, 4) is 0 Å². The summed E-state index contributed by atoms with van der Waals surface area (Å²) in [5.41, 5.74) is 7.96. The molecule has 1 fully saturated rings. The number of likely N-dealkylation sites (N-methyl/N-ethyl adjacent to an activating group) is 1. The van der Waals surface area contributed by atoms with Crippen molar-refractivity contribution in [2.24, 2.45) is 17.6 Å². The van der Waals surface area contributed by atoms with Crippen molar-refractivity contribution in [2.75, 3.05) is 27.2 Å². The fourth-order valence-corrected chi connectivity index (χ4v) is 6.27. The van der Waals surface area contributed by atoms with Gasteiger partial charge in [0.05, 0.1) is 11.2 Å². The zero-order valence-corrected chi connectivity index (χ0v) is 19.4. The van der Waals surface area contributed by atoms with Gasteiger partial charge in [0.1, 0.15) is 5.69 Å². The standard InChI is InChI=1S/C26H35N3O3/c1-18-7-6-10-22(26(18,32-3)21-11-12-28-23(13-21)24(27)30)16-29(2)17-25(31)14-19-8-4-5-9-20(19)15-25/h4-5,8-9,11-13,18,22,31H,6-7,10,14-17H2,1-3H3,(H2,27,30). The van der Waals surface area contributed by atoms with Gasteiger partial charge >= 0.3 is 0 Å². The molecule has 6 nitrogen and oxygen atoms in total. The van der Waals surface area contributed by atoms with Crippen LogP contribution in [0.25, 0.3) is 0 Å². The lowest BCUT2D eigenvalue weighted by Gasteiger charge is -2.49. The number of ether oxygens (including phenoxy) is 1. The maximum Gasteiger partial charge on any atom is 0.267 e. The summed E-state index contributed by atoms with van der Waals surface area (Å²) in [6, 6.07) is 12.1. The zero-order chi connectivity index (χ0) is 22.9. The number of carbonyl (C=O) groups excluding carboxylic acids is 1. The van der Waals surface area contributed by atoms with Crippen LogP contribution in [0, 0.1) is 11.8 Å². The van der Waals surface area contributed by atoms with E-state index in [4.69, 9.17) is 10.5 Å². The molecule has 0 bridgehead atoms. The van der Waals surface area contributed by atoms with Crippen LogP contribution < -0.4 is 5.73 Å². The molecular weight excluding hydrogens is 402 g/mol. The molecule has 2 aliphatic carbocycles. The fourth-order valence-electron chi connectivity index (χ4n) is 6.27. The summed E-state index contributed by atoms with van der Waals surface area (Å²) >= 11 is 0. The van der Waals surface area contributed by atoms with Gasteiger partial charge in [-0.15, -0.1) is 0 Å². The van der Waals surface area contributed by atoms with E-state index in [0.29, 0.717) is 19.4 Å². The molecule has 3 unspecified atom stereocenters. The number of primary amides is 1. The summed E-state index contributed by atoms with van der Waals surface area (Å²) in [7, 11) is 3.85. The molecule has 6 heteroatoms. The molecule has 1 amide bonds. The Bertz CT molecular complexity index is 953. The van der Waals surface area contributed by atoms with E-state index >= 15 is 0 Å². The van der Waals surface area contributed by atoms with Crippen LogP contribution in [-0.2, 0) is 23.2 Å². The number of fused-ring (bicyclic) bond motifs is 1. The molecule has 2 aliphatic rings. The number of nitrogens with two attached hydrogens (primary N) is 1. The zero-order valence-electron chi connectivity index (χ0n) is 19.4. The topological polar surface area (TPSA) is 88.7 Å². The predicted molar refractivity (Wildman–Crippen MR) is 124 cm³/mol. The summed E-state index contributed by atoms with van der Waals surface area (Å²) in [4.78, 5) is 18.2. The van der Waals surface area contributed by atoms with E-state index in [2.05, 4.69) is 36.0 Å². The minimum Gasteiger partial charge on any atom is -0.388 e. The van der Waals surface area contributed by atoms with E-state index in [1.165, 1.54) is 11.1 Å². The number of hydrogen-bond donors (Lipinski definition) is 2. The Balaban J connectivity index is 1.56. The molecule has 0 spiro atoms. The van der Waals surface area contributed by atoms with Crippen molar-refractivity contribution in [1.82, 2.24) is 9.88 Å². The van der Waals surface area contributed by atoms with E-state index in [9.17, 15) is 9.90 Å². The summed E-state index contributed by atoms with van der Waals surface area (Å²) in [6.07, 6.45) is 6.24. The highest BCUT2D eigenvalue weighted by Crippen LogP contribution is 2.48. The number of benzene rings is 1. The van der Waals surface area contributed by atoms with Crippen LogP contribution in [0.2, 0.25) is 0 Å². The quantitative estimate of drug-likeness (QED) is 0.695. The fraction of sp³-hybridized carbons (Fsp3) is 0.538. The number of aromatic nitrogens is 1. The number of rotatable bonds is 7. The maximum atomic E-state index is 11.8. The van der Waals surface area contributed by atoms with Crippen molar-refractivity contribution in [2.45, 2.75) is 50.2 Å². The van der Waals surface area contributed by atoms with Crippen molar-refractivity contribution in [1.29, 1.82) is 0 Å². The highest BCUT2D eigenvalue weighted by molar-refractivity contribution is 5.90. The number of methoxy groups -OCH3 is 1. The van der Waals surface area contributed by atoms with Gasteiger partial charge in [-0.1, -0.05) is 37.6 Å². The smallest absolute Gasteiger partial charge is 0.267 e. The van der Waals surface area contributed by atoms with Crippen LogP contribution >= 0.6 is 0 Å². The van der Waals surface area contributed by atoms with E-state index in [0.717, 1.165) is 31.4 Å². The molecular formula is C26H35N3O3. The average Bonchev–Trinajstić information content (AvgIpc) is 3.09. The number of carbonyl (C=O) groups is 1. The second kappa shape index (κ2) is 8.93. The van der Waals surface area contributed by atoms with Crippen molar-refractivity contribution in [3.63, 3.8) is 0 Å². The van der Waals surface area contributed by atoms with Crippen molar-refractivity contribution >= 4 is 5.91 Å². The minimum atomic E-state index is -0.746. The number of amides is 1. The third-order valence-corrected chi connectivity index (χ3v) is 7.58. The molecule has 1 heterocycles. The van der Waals surface area contributed by atoms with Gasteiger partial charge in [0.25, 0.3) is 5.91 Å². The monoisotopic (exact) mass is 437 g/mol. The maximum absolute atomic E-state index is 11.8. The highest BCUT2D eigenvalue weighted by Gasteiger charge is 2.48. The third-order valence-electron chi connectivity index (χ3n) is 7.58. The molecule has 1 aromatic carbocycles. The van der Waals surface area contributed by atoms with Gasteiger partial charge in [-0.3, -0.25) is 9.78 Å². The molecule has 172 valence electrons. The first-order valence-corrected chi connectivity index (χ1v) is 11.6. The second-order valence-corrected chi connectivity index (χ2v) is 9.86. The largest absolute Gasteiger partial charge is 0.388 e. The first kappa shape index (κ1) is 22.9. The summed E-state index contributed by atoms with van der Waals surface area (Å²) in [5.74, 6) is -0.0309. The molecule has 0 radical (unpaired) electrons. The van der Waals surface area contributed by atoms with Crippen molar-refractivity contribution in [3.05, 3.63) is 65.0 Å². The molecule has 2 aromatic rings. The Kier molecular flexibility index (Phi) is 6.39. The third kappa shape index (κ3) is 4.19. The van der Waals surface area contributed by atoms with Crippen LogP contribution in [0.1, 0.15) is 53.4 Å². The van der Waals surface area contributed by atoms with Gasteiger partial charge in [-0.05, 0) is 54.6 Å². The van der Waals surface area contributed by atoms with E-state index in [1.807, 2.05) is 18.2 Å². The molecule has 0 saturated heterocycles. The Morgan fingerprint density at radius 1 is 1.25 bits per heavy atom. The van der Waals surface area contributed by atoms with E-state index in [-0.39, 0.29) is 17.5 Å². The van der Waals surface area contributed by atoms with Crippen LogP contribution in [0.4, 0.5) is 0 Å². The van der Waals surface area contributed by atoms with Gasteiger partial charge in [0.2, 0.25) is 0 Å². The van der Waals surface area contributed by atoms with Crippen LogP contribution in [-0.4, -0.2) is 53.7 Å². The lowest BCUT2D eigenvalue weighted by atomic mass is 9.65. The number of nitrogens with zero attached hydrogens (tertiary/aromatic N) is 2.